The fourth-order valence-corrected chi connectivity index (χ4v) is 3.29. The molecule has 0 aliphatic rings. The molecule has 0 fully saturated rings. The van der Waals surface area contributed by atoms with Gasteiger partial charge in [-0.2, -0.15) is 0 Å². The highest BCUT2D eigenvalue weighted by molar-refractivity contribution is 9.10. The molecule has 2 aromatic carbocycles. The van der Waals surface area contributed by atoms with Gasteiger partial charge in [0.2, 0.25) is 0 Å². The molecule has 2 heterocycles. The summed E-state index contributed by atoms with van der Waals surface area (Å²) in [4.78, 5) is 8.83. The Morgan fingerprint density at radius 3 is 2.56 bits per heavy atom. The zero-order valence-corrected chi connectivity index (χ0v) is 16.4. The first-order valence-electron chi connectivity index (χ1n) is 8.70. The highest BCUT2D eigenvalue weighted by Gasteiger charge is 2.07. The van der Waals surface area contributed by atoms with Gasteiger partial charge < -0.3 is 5.32 Å². The standard InChI is InChI=1S/C23H18BrN3/c1-16-8-11-19(13-22(16)24)27-23-21-7-3-2-6-20(21)18(15-26-23)10-9-17-5-4-12-25-14-17/h2-15H,1H3,(H,26,27)/b10-9+. The van der Waals surface area contributed by atoms with Crippen molar-refractivity contribution < 1.29 is 0 Å². The Bertz CT molecular complexity index is 1120. The second kappa shape index (κ2) is 7.72. The number of anilines is 2. The van der Waals surface area contributed by atoms with Gasteiger partial charge in [0.1, 0.15) is 5.82 Å². The largest absolute Gasteiger partial charge is 0.340 e. The van der Waals surface area contributed by atoms with Crippen molar-refractivity contribution in [3.8, 4) is 0 Å². The summed E-state index contributed by atoms with van der Waals surface area (Å²) in [5.41, 5.74) is 4.34. The topological polar surface area (TPSA) is 37.8 Å². The molecule has 0 aliphatic carbocycles. The summed E-state index contributed by atoms with van der Waals surface area (Å²) in [6, 6.07) is 18.5. The van der Waals surface area contributed by atoms with Crippen LogP contribution in [0.1, 0.15) is 16.7 Å². The number of aryl methyl sites for hydroxylation is 1. The molecular formula is C23H18BrN3. The molecule has 0 bridgehead atoms. The smallest absolute Gasteiger partial charge is 0.138 e. The van der Waals surface area contributed by atoms with E-state index in [0.29, 0.717) is 0 Å². The van der Waals surface area contributed by atoms with Crippen LogP contribution in [-0.4, -0.2) is 9.97 Å². The van der Waals surface area contributed by atoms with Crippen molar-refractivity contribution in [2.45, 2.75) is 6.92 Å². The Kier molecular flexibility index (Phi) is 4.99. The number of fused-ring (bicyclic) bond motifs is 1. The molecule has 0 unspecified atom stereocenters. The van der Waals surface area contributed by atoms with Crippen LogP contribution in [0, 0.1) is 6.92 Å². The molecule has 4 rings (SSSR count). The molecule has 0 atom stereocenters. The number of aromatic nitrogens is 2. The predicted octanol–water partition coefficient (Wildman–Crippen LogP) is 6.61. The molecule has 2 aromatic heterocycles. The van der Waals surface area contributed by atoms with E-state index in [9.17, 15) is 0 Å². The average Bonchev–Trinajstić information content (AvgIpc) is 2.71. The van der Waals surface area contributed by atoms with Gasteiger partial charge in [-0.25, -0.2) is 4.98 Å². The number of pyridine rings is 2. The molecule has 27 heavy (non-hydrogen) atoms. The monoisotopic (exact) mass is 415 g/mol. The van der Waals surface area contributed by atoms with Gasteiger partial charge in [-0.15, -0.1) is 0 Å². The van der Waals surface area contributed by atoms with Crippen molar-refractivity contribution in [1.82, 2.24) is 9.97 Å². The van der Waals surface area contributed by atoms with Gasteiger partial charge >= 0.3 is 0 Å². The summed E-state index contributed by atoms with van der Waals surface area (Å²) in [5, 5.41) is 5.68. The number of benzene rings is 2. The van der Waals surface area contributed by atoms with E-state index in [1.54, 1.807) is 6.20 Å². The van der Waals surface area contributed by atoms with Crippen molar-refractivity contribution in [3.63, 3.8) is 0 Å². The number of rotatable bonds is 4. The zero-order valence-electron chi connectivity index (χ0n) is 14.9. The lowest BCUT2D eigenvalue weighted by Gasteiger charge is -2.11. The fraction of sp³-hybridized carbons (Fsp3) is 0.0435. The van der Waals surface area contributed by atoms with Gasteiger partial charge in [0.25, 0.3) is 0 Å². The summed E-state index contributed by atoms with van der Waals surface area (Å²) in [5.74, 6) is 0.847. The minimum Gasteiger partial charge on any atom is -0.340 e. The second-order valence-corrected chi connectivity index (χ2v) is 7.17. The molecule has 3 nitrogen and oxygen atoms in total. The Hall–Kier alpha value is -2.98. The van der Waals surface area contributed by atoms with Gasteiger partial charge in [0.15, 0.2) is 0 Å². The number of nitrogens with one attached hydrogen (secondary N) is 1. The van der Waals surface area contributed by atoms with E-state index >= 15 is 0 Å². The lowest BCUT2D eigenvalue weighted by atomic mass is 10.1. The zero-order chi connectivity index (χ0) is 18.6. The van der Waals surface area contributed by atoms with Crippen molar-refractivity contribution in [3.05, 3.63) is 94.4 Å². The third-order valence-corrected chi connectivity index (χ3v) is 5.25. The fourth-order valence-electron chi connectivity index (χ4n) is 2.91. The number of halogens is 1. The van der Waals surface area contributed by atoms with Crippen LogP contribution in [0.2, 0.25) is 0 Å². The van der Waals surface area contributed by atoms with Crippen LogP contribution in [0.3, 0.4) is 0 Å². The lowest BCUT2D eigenvalue weighted by Crippen LogP contribution is -1.96. The van der Waals surface area contributed by atoms with Crippen LogP contribution >= 0.6 is 15.9 Å². The van der Waals surface area contributed by atoms with Gasteiger partial charge in [-0.3, -0.25) is 4.98 Å². The van der Waals surface area contributed by atoms with Crippen LogP contribution in [0.5, 0.6) is 0 Å². The highest BCUT2D eigenvalue weighted by Crippen LogP contribution is 2.29. The maximum atomic E-state index is 4.67. The van der Waals surface area contributed by atoms with Crippen LogP contribution in [0.4, 0.5) is 11.5 Å². The number of hydrogen-bond donors (Lipinski definition) is 1. The molecule has 0 radical (unpaired) electrons. The summed E-state index contributed by atoms with van der Waals surface area (Å²) in [6.45, 7) is 2.07. The molecule has 0 saturated heterocycles. The predicted molar refractivity (Wildman–Crippen MR) is 117 cm³/mol. The Labute approximate surface area is 166 Å². The first-order chi connectivity index (χ1) is 13.2. The third kappa shape index (κ3) is 3.91. The summed E-state index contributed by atoms with van der Waals surface area (Å²) < 4.78 is 1.08. The van der Waals surface area contributed by atoms with Crippen molar-refractivity contribution in [2.75, 3.05) is 5.32 Å². The van der Waals surface area contributed by atoms with Gasteiger partial charge in [0.05, 0.1) is 0 Å². The first-order valence-corrected chi connectivity index (χ1v) is 9.49. The molecule has 0 spiro atoms. The maximum Gasteiger partial charge on any atom is 0.138 e. The Balaban J connectivity index is 1.72. The van der Waals surface area contributed by atoms with Crippen molar-refractivity contribution >= 4 is 50.4 Å². The van der Waals surface area contributed by atoms with Gasteiger partial charge in [-0.1, -0.05) is 64.5 Å². The summed E-state index contributed by atoms with van der Waals surface area (Å²) in [6.07, 6.45) is 9.66. The molecule has 4 heteroatoms. The lowest BCUT2D eigenvalue weighted by molar-refractivity contribution is 1.32. The summed E-state index contributed by atoms with van der Waals surface area (Å²) in [7, 11) is 0. The summed E-state index contributed by atoms with van der Waals surface area (Å²) >= 11 is 3.59. The first kappa shape index (κ1) is 17.4. The van der Waals surface area contributed by atoms with Crippen LogP contribution in [-0.2, 0) is 0 Å². The van der Waals surface area contributed by atoms with E-state index in [4.69, 9.17) is 0 Å². The number of nitrogens with zero attached hydrogens (tertiary/aromatic N) is 2. The quantitative estimate of drug-likeness (QED) is 0.407. The minimum absolute atomic E-state index is 0.847. The normalized spacial score (nSPS) is 11.2. The molecule has 0 saturated carbocycles. The molecule has 1 N–H and O–H groups in total. The molecular weight excluding hydrogens is 398 g/mol. The Morgan fingerprint density at radius 1 is 0.926 bits per heavy atom. The van der Waals surface area contributed by atoms with Crippen LogP contribution < -0.4 is 5.32 Å². The molecule has 4 aromatic rings. The van der Waals surface area contributed by atoms with E-state index < -0.39 is 0 Å². The van der Waals surface area contributed by atoms with E-state index in [1.807, 2.05) is 30.6 Å². The van der Waals surface area contributed by atoms with Crippen LogP contribution in [0.15, 0.2) is 77.7 Å². The van der Waals surface area contributed by atoms with Gasteiger partial charge in [-0.05, 0) is 41.6 Å². The molecule has 0 aliphatic heterocycles. The van der Waals surface area contributed by atoms with Crippen molar-refractivity contribution in [1.29, 1.82) is 0 Å². The second-order valence-electron chi connectivity index (χ2n) is 6.32. The SMILES string of the molecule is Cc1ccc(Nc2ncc(/C=C/c3cccnc3)c3ccccc23)cc1Br. The van der Waals surface area contributed by atoms with Crippen molar-refractivity contribution in [2.24, 2.45) is 0 Å². The van der Waals surface area contributed by atoms with E-state index in [-0.39, 0.29) is 0 Å². The van der Waals surface area contributed by atoms with Gasteiger partial charge in [0, 0.05) is 39.7 Å². The van der Waals surface area contributed by atoms with E-state index in [2.05, 4.69) is 86.7 Å². The average molecular weight is 416 g/mol. The van der Waals surface area contributed by atoms with Crippen LogP contribution in [0.25, 0.3) is 22.9 Å². The molecule has 132 valence electrons. The van der Waals surface area contributed by atoms with E-state index in [1.165, 1.54) is 5.56 Å². The van der Waals surface area contributed by atoms with E-state index in [0.717, 1.165) is 37.9 Å². The molecule has 0 amide bonds. The Morgan fingerprint density at radius 2 is 1.78 bits per heavy atom. The maximum absolute atomic E-state index is 4.67. The number of hydrogen-bond acceptors (Lipinski definition) is 3. The minimum atomic E-state index is 0.847. The highest BCUT2D eigenvalue weighted by atomic mass is 79.9. The third-order valence-electron chi connectivity index (χ3n) is 4.40.